The molecule has 18 heavy (non-hydrogen) atoms. The smallest absolute Gasteiger partial charge is 0.289 e. The topological polar surface area (TPSA) is 94.2 Å². The normalized spacial score (nSPS) is 10.9. The third-order valence-electron chi connectivity index (χ3n) is 2.81. The van der Waals surface area contributed by atoms with E-state index in [0.717, 1.165) is 4.57 Å². The maximum atomic E-state index is 11.9. The Labute approximate surface area is 101 Å². The Balaban J connectivity index is 3.13. The van der Waals surface area contributed by atoms with Gasteiger partial charge in [0.2, 0.25) is 5.65 Å². The van der Waals surface area contributed by atoms with Gasteiger partial charge in [0.25, 0.3) is 5.56 Å². The van der Waals surface area contributed by atoms with Gasteiger partial charge in [-0.1, -0.05) is 0 Å². The number of nitrogens with zero attached hydrogens (tertiary/aromatic N) is 3. The lowest BCUT2D eigenvalue weighted by Crippen LogP contribution is -2.43. The number of rotatable bonds is 1. The first-order chi connectivity index (χ1) is 8.34. The van der Waals surface area contributed by atoms with Crippen molar-refractivity contribution in [3.05, 3.63) is 31.2 Å². The van der Waals surface area contributed by atoms with E-state index in [9.17, 15) is 14.4 Å². The molecule has 96 valence electrons. The van der Waals surface area contributed by atoms with E-state index < -0.39 is 16.8 Å². The molecule has 0 aliphatic heterocycles. The fourth-order valence-electron chi connectivity index (χ4n) is 1.73. The highest BCUT2D eigenvalue weighted by Gasteiger charge is 2.18. The lowest BCUT2D eigenvalue weighted by molar-refractivity contribution is -0.339. The molecule has 0 saturated carbocycles. The second-order valence-corrected chi connectivity index (χ2v) is 4.25. The van der Waals surface area contributed by atoms with Crippen LogP contribution in [0.15, 0.2) is 14.4 Å². The summed E-state index contributed by atoms with van der Waals surface area (Å²) >= 11 is 0. The van der Waals surface area contributed by atoms with Crippen LogP contribution in [-0.2, 0) is 14.1 Å². The largest absolute Gasteiger partial charge is 0.374 e. The van der Waals surface area contributed by atoms with Gasteiger partial charge in [-0.25, -0.2) is 19.3 Å². The van der Waals surface area contributed by atoms with Gasteiger partial charge in [-0.05, 0) is 0 Å². The molecule has 8 heteroatoms. The highest BCUT2D eigenvalue weighted by Crippen LogP contribution is 1.98. The van der Waals surface area contributed by atoms with Crippen molar-refractivity contribution >= 4 is 17.0 Å². The summed E-state index contributed by atoms with van der Waals surface area (Å²) in [6, 6.07) is 0. The van der Waals surface area contributed by atoms with Crippen molar-refractivity contribution in [2.45, 2.75) is 0 Å². The van der Waals surface area contributed by atoms with Gasteiger partial charge in [-0.3, -0.25) is 19.1 Å². The number of aromatic nitrogens is 4. The average Bonchev–Trinajstić information content (AvgIpc) is 2.32. The van der Waals surface area contributed by atoms with Crippen molar-refractivity contribution in [2.24, 2.45) is 14.1 Å². The molecule has 2 rings (SSSR count). The molecule has 0 aliphatic carbocycles. The van der Waals surface area contributed by atoms with Crippen LogP contribution < -0.4 is 26.7 Å². The summed E-state index contributed by atoms with van der Waals surface area (Å²) in [4.78, 5) is 42.6. The predicted octanol–water partition coefficient (Wildman–Crippen LogP) is -2.19. The molecule has 0 aromatic carbocycles. The summed E-state index contributed by atoms with van der Waals surface area (Å²) in [6.45, 7) is 0. The first-order valence-electron chi connectivity index (χ1n) is 5.27. The maximum absolute atomic E-state index is 11.9. The van der Waals surface area contributed by atoms with Crippen LogP contribution >= 0.6 is 0 Å². The quantitative estimate of drug-likeness (QED) is 0.623. The van der Waals surface area contributed by atoms with E-state index in [1.54, 1.807) is 19.0 Å². The van der Waals surface area contributed by atoms with Crippen molar-refractivity contribution in [1.29, 1.82) is 0 Å². The molecule has 2 aromatic rings. The first kappa shape index (κ1) is 12.1. The second-order valence-electron chi connectivity index (χ2n) is 4.25. The van der Waals surface area contributed by atoms with Gasteiger partial charge in [0.1, 0.15) is 0 Å². The molecule has 0 fully saturated rings. The Morgan fingerprint density at radius 2 is 1.72 bits per heavy atom. The van der Waals surface area contributed by atoms with Crippen molar-refractivity contribution in [3.8, 4) is 0 Å². The summed E-state index contributed by atoms with van der Waals surface area (Å²) < 4.78 is 2.14. The molecule has 0 amide bonds. The molecule has 8 nitrogen and oxygen atoms in total. The number of aromatic amines is 2. The summed E-state index contributed by atoms with van der Waals surface area (Å²) in [5.41, 5.74) is -1.42. The Bertz CT molecular complexity index is 796. The lowest BCUT2D eigenvalue weighted by atomic mass is 10.4. The molecule has 0 saturated heterocycles. The Kier molecular flexibility index (Phi) is 2.57. The third kappa shape index (κ3) is 1.53. The predicted molar refractivity (Wildman–Crippen MR) is 65.9 cm³/mol. The van der Waals surface area contributed by atoms with Crippen molar-refractivity contribution < 1.29 is 4.98 Å². The average molecular weight is 252 g/mol. The van der Waals surface area contributed by atoms with Gasteiger partial charge in [-0.15, -0.1) is 0 Å². The fourth-order valence-corrected chi connectivity index (χ4v) is 1.73. The molecule has 0 atom stereocenters. The molecule has 0 bridgehead atoms. The minimum atomic E-state index is -0.615. The van der Waals surface area contributed by atoms with Crippen molar-refractivity contribution in [1.82, 2.24) is 14.1 Å². The molecule has 2 heterocycles. The van der Waals surface area contributed by atoms with Crippen molar-refractivity contribution in [3.63, 3.8) is 0 Å². The summed E-state index contributed by atoms with van der Waals surface area (Å²) in [6.07, 6.45) is 0. The van der Waals surface area contributed by atoms with Crippen LogP contribution in [0, 0.1) is 0 Å². The van der Waals surface area contributed by atoms with Gasteiger partial charge in [-0.2, -0.15) is 0 Å². The van der Waals surface area contributed by atoms with E-state index in [-0.39, 0.29) is 11.0 Å². The minimum Gasteiger partial charge on any atom is -0.289 e. The highest BCUT2D eigenvalue weighted by molar-refractivity contribution is 5.69. The van der Waals surface area contributed by atoms with Gasteiger partial charge in [0.15, 0.2) is 5.39 Å². The maximum Gasteiger partial charge on any atom is 0.374 e. The van der Waals surface area contributed by atoms with Gasteiger partial charge < -0.3 is 0 Å². The third-order valence-corrected chi connectivity index (χ3v) is 2.81. The van der Waals surface area contributed by atoms with Crippen LogP contribution in [0.4, 0.5) is 5.95 Å². The lowest BCUT2D eigenvalue weighted by Gasteiger charge is -2.07. The molecule has 0 radical (unpaired) electrons. The fraction of sp³-hybridized carbons (Fsp3) is 0.400. The second kappa shape index (κ2) is 3.83. The minimum absolute atomic E-state index is 0.0646. The number of fused-ring (bicyclic) bond motifs is 1. The zero-order valence-electron chi connectivity index (χ0n) is 10.6. The molecule has 0 spiro atoms. The molecule has 2 aromatic heterocycles. The number of hydrogen-bond acceptors (Lipinski definition) is 4. The zero-order chi connectivity index (χ0) is 13.6. The molecule has 2 N–H and O–H groups in total. The number of aryl methyl sites for hydroxylation is 1. The standard InChI is InChI=1S/C10H13N5O3/c1-13(2)9-11-6-5(7(16)12-9)8(17)15(4)10(18)14(6)3/h1-4H3,(H,11,12,16)/p+1. The van der Waals surface area contributed by atoms with Gasteiger partial charge in [0.05, 0.1) is 7.05 Å². The van der Waals surface area contributed by atoms with Crippen LogP contribution in [0.25, 0.3) is 11.0 Å². The van der Waals surface area contributed by atoms with E-state index in [0.29, 0.717) is 5.95 Å². The summed E-state index contributed by atoms with van der Waals surface area (Å²) in [5.74, 6) is 0.413. The van der Waals surface area contributed by atoms with E-state index in [1.165, 1.54) is 18.7 Å². The molecular weight excluding hydrogens is 238 g/mol. The van der Waals surface area contributed by atoms with E-state index in [2.05, 4.69) is 9.97 Å². The Morgan fingerprint density at radius 1 is 1.11 bits per heavy atom. The number of nitrogens with one attached hydrogen (secondary N) is 2. The Hall–Kier alpha value is -2.38. The van der Waals surface area contributed by atoms with Crippen LogP contribution in [0.1, 0.15) is 0 Å². The van der Waals surface area contributed by atoms with E-state index in [1.807, 2.05) is 0 Å². The van der Waals surface area contributed by atoms with Crippen molar-refractivity contribution in [2.75, 3.05) is 19.0 Å². The molecule has 0 unspecified atom stereocenters. The molecular formula is C10H14N5O3+. The van der Waals surface area contributed by atoms with E-state index >= 15 is 0 Å². The number of H-pyrrole nitrogens is 2. The summed E-state index contributed by atoms with van der Waals surface area (Å²) in [7, 11) is 6.29. The van der Waals surface area contributed by atoms with E-state index in [4.69, 9.17) is 0 Å². The monoisotopic (exact) mass is 252 g/mol. The van der Waals surface area contributed by atoms with Crippen LogP contribution in [-0.4, -0.2) is 28.2 Å². The first-order valence-corrected chi connectivity index (χ1v) is 5.27. The van der Waals surface area contributed by atoms with Gasteiger partial charge >= 0.3 is 17.2 Å². The number of anilines is 1. The SMILES string of the molecule is CN(C)c1[nH]c(=O)c2c(=O)n(C)c(=O)n(C)c2[nH+]1. The Morgan fingerprint density at radius 3 is 2.28 bits per heavy atom. The summed E-state index contributed by atoms with van der Waals surface area (Å²) in [5, 5.41) is -0.0646. The number of hydrogen-bond donors (Lipinski definition) is 1. The molecule has 0 aliphatic rings. The van der Waals surface area contributed by atoms with Gasteiger partial charge in [0, 0.05) is 21.1 Å². The zero-order valence-corrected chi connectivity index (χ0v) is 10.6. The van der Waals surface area contributed by atoms with Crippen LogP contribution in [0.5, 0.6) is 0 Å². The van der Waals surface area contributed by atoms with Crippen LogP contribution in [0.3, 0.4) is 0 Å². The highest BCUT2D eigenvalue weighted by atomic mass is 16.2. The van der Waals surface area contributed by atoms with Crippen LogP contribution in [0.2, 0.25) is 0 Å².